The van der Waals surface area contributed by atoms with E-state index in [2.05, 4.69) is 5.32 Å². The van der Waals surface area contributed by atoms with Gasteiger partial charge in [0.25, 0.3) is 0 Å². The molecular weight excluding hydrogens is 274 g/mol. The third-order valence-electron chi connectivity index (χ3n) is 3.91. The molecule has 1 saturated heterocycles. The number of rotatable bonds is 3. The van der Waals surface area contributed by atoms with E-state index in [4.69, 9.17) is 0 Å². The molecule has 1 unspecified atom stereocenters. The monoisotopic (exact) mass is 295 g/mol. The third kappa shape index (κ3) is 3.82. The SMILES string of the molecule is Cc1cccc(NC(=O)CC2CCCS(=O)(=O)C2)c1C. The van der Waals surface area contributed by atoms with E-state index in [9.17, 15) is 13.2 Å². The van der Waals surface area contributed by atoms with Crippen LogP contribution < -0.4 is 5.32 Å². The van der Waals surface area contributed by atoms with Crippen LogP contribution in [0, 0.1) is 19.8 Å². The lowest BCUT2D eigenvalue weighted by Gasteiger charge is -2.21. The van der Waals surface area contributed by atoms with Crippen LogP contribution >= 0.6 is 0 Å². The zero-order chi connectivity index (χ0) is 14.8. The van der Waals surface area contributed by atoms with Crippen molar-refractivity contribution in [1.29, 1.82) is 0 Å². The topological polar surface area (TPSA) is 63.2 Å². The average Bonchev–Trinajstić information content (AvgIpc) is 2.33. The number of benzene rings is 1. The predicted octanol–water partition coefficient (Wildman–Crippen LogP) is 2.46. The molecule has 1 N–H and O–H groups in total. The van der Waals surface area contributed by atoms with Crippen LogP contribution in [0.3, 0.4) is 0 Å². The van der Waals surface area contributed by atoms with Gasteiger partial charge in [0.05, 0.1) is 11.5 Å². The van der Waals surface area contributed by atoms with Gasteiger partial charge < -0.3 is 5.32 Å². The quantitative estimate of drug-likeness (QED) is 0.931. The Bertz CT molecular complexity index is 608. The van der Waals surface area contributed by atoms with Gasteiger partial charge in [0, 0.05) is 12.1 Å². The molecule has 4 nitrogen and oxygen atoms in total. The summed E-state index contributed by atoms with van der Waals surface area (Å²) in [5, 5.41) is 2.89. The Labute approximate surface area is 120 Å². The van der Waals surface area contributed by atoms with Crippen molar-refractivity contribution in [3.63, 3.8) is 0 Å². The van der Waals surface area contributed by atoms with Gasteiger partial charge in [-0.2, -0.15) is 0 Å². The number of anilines is 1. The van der Waals surface area contributed by atoms with Crippen LogP contribution in [0.2, 0.25) is 0 Å². The molecule has 110 valence electrons. The summed E-state index contributed by atoms with van der Waals surface area (Å²) in [6.07, 6.45) is 1.77. The van der Waals surface area contributed by atoms with Crippen LogP contribution in [0.25, 0.3) is 0 Å². The molecule has 0 bridgehead atoms. The molecule has 1 heterocycles. The van der Waals surface area contributed by atoms with Crippen molar-refractivity contribution in [2.45, 2.75) is 33.1 Å². The van der Waals surface area contributed by atoms with Gasteiger partial charge in [0.2, 0.25) is 5.91 Å². The van der Waals surface area contributed by atoms with Crippen LogP contribution in [0.5, 0.6) is 0 Å². The minimum atomic E-state index is -2.95. The van der Waals surface area contributed by atoms with Gasteiger partial charge >= 0.3 is 0 Å². The smallest absolute Gasteiger partial charge is 0.224 e. The molecule has 1 aliphatic rings. The van der Waals surface area contributed by atoms with Crippen molar-refractivity contribution >= 4 is 21.4 Å². The zero-order valence-corrected chi connectivity index (χ0v) is 12.8. The van der Waals surface area contributed by atoms with E-state index in [-0.39, 0.29) is 29.8 Å². The zero-order valence-electron chi connectivity index (χ0n) is 12.0. The van der Waals surface area contributed by atoms with E-state index in [0.717, 1.165) is 23.2 Å². The largest absolute Gasteiger partial charge is 0.326 e. The van der Waals surface area contributed by atoms with Crippen LogP contribution in [-0.4, -0.2) is 25.8 Å². The molecule has 5 heteroatoms. The Morgan fingerprint density at radius 1 is 1.35 bits per heavy atom. The number of hydrogen-bond acceptors (Lipinski definition) is 3. The Morgan fingerprint density at radius 3 is 2.80 bits per heavy atom. The minimum absolute atomic E-state index is 0.0427. The summed E-state index contributed by atoms with van der Waals surface area (Å²) in [5.41, 5.74) is 2.99. The van der Waals surface area contributed by atoms with Gasteiger partial charge in [-0.15, -0.1) is 0 Å². The molecule has 0 spiro atoms. The van der Waals surface area contributed by atoms with Gasteiger partial charge in [-0.05, 0) is 49.8 Å². The summed E-state index contributed by atoms with van der Waals surface area (Å²) in [4.78, 5) is 12.0. The Hall–Kier alpha value is -1.36. The standard InChI is InChI=1S/C15H21NO3S/c1-11-5-3-7-14(12(11)2)16-15(17)9-13-6-4-8-20(18,19)10-13/h3,5,7,13H,4,6,8-10H2,1-2H3,(H,16,17). The molecule has 1 aromatic rings. The molecule has 1 fully saturated rings. The number of amides is 1. The highest BCUT2D eigenvalue weighted by Gasteiger charge is 2.26. The molecule has 0 aliphatic carbocycles. The van der Waals surface area contributed by atoms with Crippen LogP contribution in [0.4, 0.5) is 5.69 Å². The van der Waals surface area contributed by atoms with E-state index in [1.165, 1.54) is 0 Å². The van der Waals surface area contributed by atoms with Crippen LogP contribution in [-0.2, 0) is 14.6 Å². The second-order valence-electron chi connectivity index (χ2n) is 5.62. The molecule has 1 aliphatic heterocycles. The maximum absolute atomic E-state index is 12.0. The first kappa shape index (κ1) is 15.0. The fourth-order valence-corrected chi connectivity index (χ4v) is 4.40. The van der Waals surface area contributed by atoms with Crippen molar-refractivity contribution in [3.05, 3.63) is 29.3 Å². The number of carbonyl (C=O) groups is 1. The summed E-state index contributed by atoms with van der Waals surface area (Å²) in [5.74, 6) is 0.273. The first-order valence-electron chi connectivity index (χ1n) is 6.94. The summed E-state index contributed by atoms with van der Waals surface area (Å²) in [7, 11) is -2.95. The van der Waals surface area contributed by atoms with Crippen LogP contribution in [0.1, 0.15) is 30.4 Å². The summed E-state index contributed by atoms with van der Waals surface area (Å²) >= 11 is 0. The highest BCUT2D eigenvalue weighted by Crippen LogP contribution is 2.23. The third-order valence-corrected chi connectivity index (χ3v) is 5.80. The molecule has 1 amide bonds. The van der Waals surface area contributed by atoms with Gasteiger partial charge in [-0.3, -0.25) is 4.79 Å². The number of nitrogens with one attached hydrogen (secondary N) is 1. The molecule has 2 rings (SSSR count). The minimum Gasteiger partial charge on any atom is -0.326 e. The maximum atomic E-state index is 12.0. The van der Waals surface area contributed by atoms with Crippen molar-refractivity contribution < 1.29 is 13.2 Å². The van der Waals surface area contributed by atoms with E-state index in [0.29, 0.717) is 6.42 Å². The molecule has 1 aromatic carbocycles. The molecule has 1 atom stereocenters. The number of aryl methyl sites for hydroxylation is 1. The molecule has 0 aromatic heterocycles. The second kappa shape index (κ2) is 5.95. The van der Waals surface area contributed by atoms with Crippen molar-refractivity contribution in [2.75, 3.05) is 16.8 Å². The van der Waals surface area contributed by atoms with E-state index < -0.39 is 9.84 Å². The van der Waals surface area contributed by atoms with Gasteiger partial charge in [0.1, 0.15) is 0 Å². The summed E-state index contributed by atoms with van der Waals surface area (Å²) in [6, 6.07) is 5.78. The van der Waals surface area contributed by atoms with E-state index >= 15 is 0 Å². The lowest BCUT2D eigenvalue weighted by atomic mass is 10.0. The first-order valence-corrected chi connectivity index (χ1v) is 8.76. The number of carbonyl (C=O) groups excluding carboxylic acids is 1. The second-order valence-corrected chi connectivity index (χ2v) is 7.85. The lowest BCUT2D eigenvalue weighted by molar-refractivity contribution is -0.117. The highest BCUT2D eigenvalue weighted by atomic mass is 32.2. The number of hydrogen-bond donors (Lipinski definition) is 1. The summed E-state index contributed by atoms with van der Waals surface area (Å²) in [6.45, 7) is 3.97. The lowest BCUT2D eigenvalue weighted by Crippen LogP contribution is -2.28. The molecular formula is C15H21NO3S. The van der Waals surface area contributed by atoms with Gasteiger partial charge in [-0.25, -0.2) is 8.42 Å². The molecule has 0 radical (unpaired) electrons. The van der Waals surface area contributed by atoms with Crippen molar-refractivity contribution in [2.24, 2.45) is 5.92 Å². The fourth-order valence-electron chi connectivity index (χ4n) is 2.63. The molecule has 20 heavy (non-hydrogen) atoms. The predicted molar refractivity (Wildman–Crippen MR) is 80.5 cm³/mol. The fraction of sp³-hybridized carbons (Fsp3) is 0.533. The van der Waals surface area contributed by atoms with Crippen LogP contribution in [0.15, 0.2) is 18.2 Å². The molecule has 0 saturated carbocycles. The Balaban J connectivity index is 1.97. The Kier molecular flexibility index (Phi) is 4.48. The van der Waals surface area contributed by atoms with E-state index in [1.807, 2.05) is 32.0 Å². The van der Waals surface area contributed by atoms with Gasteiger partial charge in [0.15, 0.2) is 9.84 Å². The average molecular weight is 295 g/mol. The summed E-state index contributed by atoms with van der Waals surface area (Å²) < 4.78 is 23.1. The first-order chi connectivity index (χ1) is 9.37. The van der Waals surface area contributed by atoms with E-state index in [1.54, 1.807) is 0 Å². The van der Waals surface area contributed by atoms with Crippen molar-refractivity contribution in [1.82, 2.24) is 0 Å². The maximum Gasteiger partial charge on any atom is 0.224 e. The highest BCUT2D eigenvalue weighted by molar-refractivity contribution is 7.91. The Morgan fingerprint density at radius 2 is 2.10 bits per heavy atom. The van der Waals surface area contributed by atoms with Gasteiger partial charge in [-0.1, -0.05) is 12.1 Å². The number of sulfone groups is 1. The van der Waals surface area contributed by atoms with Crippen molar-refractivity contribution in [3.8, 4) is 0 Å². The normalized spacial score (nSPS) is 21.4.